The first-order chi connectivity index (χ1) is 20.9. The van der Waals surface area contributed by atoms with Gasteiger partial charge in [0.25, 0.3) is 0 Å². The van der Waals surface area contributed by atoms with Crippen LogP contribution in [0.2, 0.25) is 0 Å². The van der Waals surface area contributed by atoms with E-state index in [1.54, 1.807) is 31.2 Å². The molecule has 0 spiro atoms. The normalized spacial score (nSPS) is 17.2. The van der Waals surface area contributed by atoms with E-state index in [2.05, 4.69) is 0 Å². The molecule has 4 aromatic carbocycles. The Balaban J connectivity index is 1.86. The molecule has 6 rings (SSSR count). The van der Waals surface area contributed by atoms with E-state index >= 15 is 0 Å². The van der Waals surface area contributed by atoms with E-state index < -0.39 is 28.7 Å². The Morgan fingerprint density at radius 2 is 1.34 bits per heavy atom. The quantitative estimate of drug-likeness (QED) is 0.255. The summed E-state index contributed by atoms with van der Waals surface area (Å²) in [5.41, 5.74) is -0.609. The standard InChI is InChI=1S/C34H30O10/c1-14-7-17-27(21(8-14)42-4)33(39)28-19(35)11-23(44-6)29(30(28)31(17)37)24-16-9-15(41-3)10-22(43-5)26(16)32(38)25-18(24)12-34(2,40)13-20(25)36/h7-11,35,38,40H,12-13H2,1-6H3/t34-/m1/s1. The second-order valence-electron chi connectivity index (χ2n) is 11.4. The van der Waals surface area contributed by atoms with E-state index in [4.69, 9.17) is 18.9 Å². The van der Waals surface area contributed by atoms with Gasteiger partial charge in [0.1, 0.15) is 34.5 Å². The van der Waals surface area contributed by atoms with Crippen LogP contribution in [0.15, 0.2) is 30.3 Å². The maximum absolute atomic E-state index is 14.5. The van der Waals surface area contributed by atoms with Gasteiger partial charge in [0.05, 0.1) is 56.1 Å². The van der Waals surface area contributed by atoms with Crippen molar-refractivity contribution in [3.8, 4) is 45.6 Å². The predicted octanol–water partition coefficient (Wildman–Crippen LogP) is 4.92. The van der Waals surface area contributed by atoms with E-state index in [1.165, 1.54) is 41.4 Å². The first-order valence-corrected chi connectivity index (χ1v) is 13.8. The number of Topliss-reactive ketones (excluding diaryl/α,β-unsaturated/α-hetero) is 1. The molecule has 10 nitrogen and oxygen atoms in total. The molecule has 0 saturated heterocycles. The lowest BCUT2D eigenvalue weighted by Crippen LogP contribution is -2.36. The molecule has 2 aliphatic carbocycles. The molecule has 1 atom stereocenters. The van der Waals surface area contributed by atoms with Gasteiger partial charge in [-0.25, -0.2) is 0 Å². The number of hydrogen-bond acceptors (Lipinski definition) is 10. The number of aryl methyl sites for hydroxylation is 1. The number of phenolic OH excluding ortho intramolecular Hbond substituents is 2. The number of rotatable bonds is 5. The number of aliphatic hydroxyl groups is 1. The summed E-state index contributed by atoms with van der Waals surface area (Å²) in [4.78, 5) is 42.2. The summed E-state index contributed by atoms with van der Waals surface area (Å²) in [7, 11) is 5.58. The van der Waals surface area contributed by atoms with Gasteiger partial charge >= 0.3 is 0 Å². The molecule has 0 unspecified atom stereocenters. The second-order valence-corrected chi connectivity index (χ2v) is 11.4. The number of fused-ring (bicyclic) bond motifs is 4. The molecule has 0 fully saturated rings. The molecule has 0 aromatic heterocycles. The van der Waals surface area contributed by atoms with E-state index in [0.717, 1.165) is 0 Å². The summed E-state index contributed by atoms with van der Waals surface area (Å²) in [6, 6.07) is 7.59. The summed E-state index contributed by atoms with van der Waals surface area (Å²) in [5.74, 6) is -1.84. The Kier molecular flexibility index (Phi) is 6.58. The summed E-state index contributed by atoms with van der Waals surface area (Å²) in [6.45, 7) is 3.27. The number of methoxy groups -OCH3 is 4. The molecule has 44 heavy (non-hydrogen) atoms. The van der Waals surface area contributed by atoms with Gasteiger partial charge in [-0.15, -0.1) is 0 Å². The van der Waals surface area contributed by atoms with E-state index in [1.807, 2.05) is 0 Å². The molecule has 0 saturated carbocycles. The molecule has 0 heterocycles. The maximum atomic E-state index is 14.5. The molecular weight excluding hydrogens is 568 g/mol. The lowest BCUT2D eigenvalue weighted by molar-refractivity contribution is 0.0410. The zero-order chi connectivity index (χ0) is 31.8. The fourth-order valence-corrected chi connectivity index (χ4v) is 6.60. The number of carbonyl (C=O) groups excluding carboxylic acids is 3. The minimum absolute atomic E-state index is 0.0149. The lowest BCUT2D eigenvalue weighted by atomic mass is 9.72. The van der Waals surface area contributed by atoms with Crippen LogP contribution in [0, 0.1) is 6.92 Å². The van der Waals surface area contributed by atoms with Crippen molar-refractivity contribution in [1.29, 1.82) is 0 Å². The van der Waals surface area contributed by atoms with E-state index in [-0.39, 0.29) is 85.7 Å². The fourth-order valence-electron chi connectivity index (χ4n) is 6.60. The third kappa shape index (κ3) is 4.01. The van der Waals surface area contributed by atoms with Crippen LogP contribution in [0.3, 0.4) is 0 Å². The van der Waals surface area contributed by atoms with Crippen LogP contribution in [0.4, 0.5) is 0 Å². The number of hydrogen-bond donors (Lipinski definition) is 3. The first-order valence-electron chi connectivity index (χ1n) is 13.8. The van der Waals surface area contributed by atoms with Crippen molar-refractivity contribution in [3.63, 3.8) is 0 Å². The SMILES string of the molecule is COc1cc(OC)c2c(O)c3c(c(-c4c(OC)cc(O)c5c4C(=O)c4cc(C)cc(OC)c4C5=O)c2c1)C[C@@](C)(O)CC3=O. The Labute approximate surface area is 252 Å². The van der Waals surface area contributed by atoms with Crippen molar-refractivity contribution in [2.75, 3.05) is 28.4 Å². The molecule has 0 aliphatic heterocycles. The Bertz CT molecular complexity index is 1970. The number of carbonyl (C=O) groups is 3. The second kappa shape index (κ2) is 9.99. The Morgan fingerprint density at radius 1 is 0.682 bits per heavy atom. The summed E-state index contributed by atoms with van der Waals surface area (Å²) >= 11 is 0. The average molecular weight is 599 g/mol. The van der Waals surface area contributed by atoms with Gasteiger partial charge in [-0.3, -0.25) is 14.4 Å². The number of aromatic hydroxyl groups is 2. The van der Waals surface area contributed by atoms with Gasteiger partial charge in [-0.05, 0) is 48.7 Å². The topological polar surface area (TPSA) is 149 Å². The number of phenols is 2. The van der Waals surface area contributed by atoms with Crippen LogP contribution in [-0.2, 0) is 6.42 Å². The fraction of sp³-hybridized carbons (Fsp3) is 0.265. The van der Waals surface area contributed by atoms with Gasteiger partial charge in [-0.2, -0.15) is 0 Å². The van der Waals surface area contributed by atoms with Crippen LogP contribution in [0.1, 0.15) is 66.7 Å². The lowest BCUT2D eigenvalue weighted by Gasteiger charge is -2.33. The molecule has 4 aromatic rings. The van der Waals surface area contributed by atoms with Gasteiger partial charge in [-0.1, -0.05) is 0 Å². The third-order valence-electron chi connectivity index (χ3n) is 8.39. The van der Waals surface area contributed by atoms with E-state index in [0.29, 0.717) is 16.7 Å². The monoisotopic (exact) mass is 598 g/mol. The molecule has 3 N–H and O–H groups in total. The highest BCUT2D eigenvalue weighted by Crippen LogP contribution is 2.54. The zero-order valence-electron chi connectivity index (χ0n) is 25.0. The number of ketones is 3. The highest BCUT2D eigenvalue weighted by atomic mass is 16.5. The summed E-state index contributed by atoms with van der Waals surface area (Å²) in [6.07, 6.45) is -0.345. The van der Waals surface area contributed by atoms with Crippen molar-refractivity contribution in [1.82, 2.24) is 0 Å². The average Bonchev–Trinajstić information content (AvgIpc) is 2.97. The molecule has 0 bridgehead atoms. The minimum atomic E-state index is -1.50. The van der Waals surface area contributed by atoms with Crippen LogP contribution < -0.4 is 18.9 Å². The summed E-state index contributed by atoms with van der Waals surface area (Å²) < 4.78 is 22.3. The number of ether oxygens (including phenoxy) is 4. The van der Waals surface area contributed by atoms with Crippen molar-refractivity contribution in [3.05, 3.63) is 69.3 Å². The van der Waals surface area contributed by atoms with Crippen LogP contribution in [0.5, 0.6) is 34.5 Å². The van der Waals surface area contributed by atoms with Gasteiger partial charge in [0, 0.05) is 47.1 Å². The van der Waals surface area contributed by atoms with Crippen molar-refractivity contribution in [2.45, 2.75) is 32.3 Å². The molecule has 0 radical (unpaired) electrons. The zero-order valence-corrected chi connectivity index (χ0v) is 25.0. The van der Waals surface area contributed by atoms with Gasteiger partial charge < -0.3 is 34.3 Å². The van der Waals surface area contributed by atoms with Crippen molar-refractivity contribution in [2.24, 2.45) is 0 Å². The van der Waals surface area contributed by atoms with Crippen molar-refractivity contribution < 1.29 is 48.7 Å². The molecule has 10 heteroatoms. The molecular formula is C34H30O10. The highest BCUT2D eigenvalue weighted by molar-refractivity contribution is 6.33. The van der Waals surface area contributed by atoms with Gasteiger partial charge in [0.2, 0.25) is 5.78 Å². The largest absolute Gasteiger partial charge is 0.507 e. The first kappa shape index (κ1) is 29.0. The predicted molar refractivity (Wildman–Crippen MR) is 160 cm³/mol. The van der Waals surface area contributed by atoms with Crippen LogP contribution >= 0.6 is 0 Å². The molecule has 226 valence electrons. The smallest absolute Gasteiger partial charge is 0.202 e. The summed E-state index contributed by atoms with van der Waals surface area (Å²) in [5, 5.41) is 34.4. The minimum Gasteiger partial charge on any atom is -0.507 e. The van der Waals surface area contributed by atoms with Crippen LogP contribution in [-0.4, -0.2) is 66.7 Å². The van der Waals surface area contributed by atoms with E-state index in [9.17, 15) is 29.7 Å². The Hall–Kier alpha value is -5.09. The molecule has 0 amide bonds. The van der Waals surface area contributed by atoms with Gasteiger partial charge in [0.15, 0.2) is 11.6 Å². The Morgan fingerprint density at radius 3 is 1.98 bits per heavy atom. The maximum Gasteiger partial charge on any atom is 0.202 e. The highest BCUT2D eigenvalue weighted by Gasteiger charge is 2.43. The third-order valence-corrected chi connectivity index (χ3v) is 8.39. The molecule has 2 aliphatic rings. The van der Waals surface area contributed by atoms with Crippen LogP contribution in [0.25, 0.3) is 21.9 Å². The van der Waals surface area contributed by atoms with Crippen molar-refractivity contribution >= 4 is 28.1 Å². The number of benzene rings is 4.